The second-order valence-corrected chi connectivity index (χ2v) is 14.4. The molecule has 57 heavy (non-hydrogen) atoms. The van der Waals surface area contributed by atoms with E-state index in [0.717, 1.165) is 89.7 Å². The fourth-order valence-electron chi connectivity index (χ4n) is 9.27. The summed E-state index contributed by atoms with van der Waals surface area (Å²) in [6, 6.07) is 51.1. The summed E-state index contributed by atoms with van der Waals surface area (Å²) in [6.07, 6.45) is 3.66. The van der Waals surface area contributed by atoms with Gasteiger partial charge in [-0.1, -0.05) is 48.5 Å². The summed E-state index contributed by atoms with van der Waals surface area (Å²) in [4.78, 5) is 15.9. The van der Waals surface area contributed by atoms with E-state index in [1.807, 2.05) is 85.2 Å². The van der Waals surface area contributed by atoms with E-state index in [0.29, 0.717) is 22.7 Å². The molecule has 2 aliphatic heterocycles. The molecule has 0 saturated heterocycles. The van der Waals surface area contributed by atoms with Crippen molar-refractivity contribution < 1.29 is 9.47 Å². The topological polar surface area (TPSA) is 80.6 Å². The number of para-hydroxylation sites is 3. The number of rotatable bonds is 2. The summed E-state index contributed by atoms with van der Waals surface area (Å²) in [7, 11) is 0. The maximum atomic E-state index is 9.76. The van der Waals surface area contributed by atoms with Crippen molar-refractivity contribution in [3.8, 4) is 46.1 Å². The Morgan fingerprint density at radius 1 is 0.561 bits per heavy atom. The van der Waals surface area contributed by atoms with Gasteiger partial charge in [-0.05, 0) is 108 Å². The summed E-state index contributed by atoms with van der Waals surface area (Å²) in [5.74, 6) is 2.77. The molecule has 5 heterocycles. The van der Waals surface area contributed by atoms with Gasteiger partial charge in [-0.3, -0.25) is 9.97 Å². The van der Waals surface area contributed by atoms with Gasteiger partial charge in [0.15, 0.2) is 17.2 Å². The lowest BCUT2D eigenvalue weighted by Gasteiger charge is -2.40. The zero-order valence-electron chi connectivity index (χ0n) is 30.0. The molecule has 0 fully saturated rings. The van der Waals surface area contributed by atoms with E-state index in [4.69, 9.17) is 26.0 Å². The quantitative estimate of drug-likeness (QED) is 0.165. The Labute approximate surface area is 326 Å². The van der Waals surface area contributed by atoms with Crippen molar-refractivity contribution in [1.82, 2.24) is 14.5 Å². The fourth-order valence-corrected chi connectivity index (χ4v) is 9.27. The van der Waals surface area contributed by atoms with Crippen LogP contribution >= 0.6 is 0 Å². The summed E-state index contributed by atoms with van der Waals surface area (Å²) < 4.78 is 15.6. The number of pyridine rings is 2. The van der Waals surface area contributed by atoms with Crippen LogP contribution in [-0.2, 0) is 5.41 Å². The monoisotopic (exact) mass is 730 g/mol. The Kier molecular flexibility index (Phi) is 6.24. The van der Waals surface area contributed by atoms with E-state index in [9.17, 15) is 5.26 Å². The molecule has 8 heteroatoms. The highest BCUT2D eigenvalue weighted by molar-refractivity contribution is 6.10. The minimum Gasteiger partial charge on any atom is -0.457 e. The van der Waals surface area contributed by atoms with Gasteiger partial charge in [0.05, 0.1) is 57.4 Å². The molecule has 12 rings (SSSR count). The van der Waals surface area contributed by atoms with Crippen molar-refractivity contribution in [3.63, 3.8) is 0 Å². The first-order valence-corrected chi connectivity index (χ1v) is 18.6. The Morgan fingerprint density at radius 2 is 1.23 bits per heavy atom. The highest BCUT2D eigenvalue weighted by Crippen LogP contribution is 2.62. The molecule has 0 radical (unpaired) electrons. The van der Waals surface area contributed by atoms with Gasteiger partial charge in [-0.25, -0.2) is 4.85 Å². The molecule has 8 nitrogen and oxygen atoms in total. The highest BCUT2D eigenvalue weighted by atomic mass is 16.5. The highest BCUT2D eigenvalue weighted by Gasteiger charge is 2.53. The first-order valence-electron chi connectivity index (χ1n) is 18.6. The lowest BCUT2D eigenvalue weighted by molar-refractivity contribution is 0.436. The molecule has 0 unspecified atom stereocenters. The van der Waals surface area contributed by atoms with Gasteiger partial charge in [0.2, 0.25) is 0 Å². The Hall–Kier alpha value is -8.20. The molecule has 9 aromatic rings. The zero-order chi connectivity index (χ0) is 37.8. The number of nitriles is 1. The second kappa shape index (κ2) is 11.4. The first-order chi connectivity index (χ1) is 28.1. The van der Waals surface area contributed by atoms with E-state index >= 15 is 0 Å². The van der Waals surface area contributed by atoms with Crippen molar-refractivity contribution in [2.45, 2.75) is 5.41 Å². The smallest absolute Gasteiger partial charge is 0.188 e. The zero-order valence-corrected chi connectivity index (χ0v) is 30.0. The lowest BCUT2D eigenvalue weighted by atomic mass is 9.66. The van der Waals surface area contributed by atoms with Crippen LogP contribution in [0.1, 0.15) is 27.8 Å². The normalized spacial score (nSPS) is 13.6. The molecule has 264 valence electrons. The molecule has 0 bridgehead atoms. The van der Waals surface area contributed by atoms with E-state index in [1.165, 1.54) is 0 Å². The SMILES string of the molecule is [C-]#[N+]c1ccc2c(c1)c1ccccc1n2-c1ccc2c(c1)C1(c3cc(N4c5ccccc5Oc5cc(C#N)ccc54)ccc3O2)c2cccnc2-c2ncccc21. The predicted octanol–water partition coefficient (Wildman–Crippen LogP) is 12.0. The van der Waals surface area contributed by atoms with E-state index in [2.05, 4.69) is 87.1 Å². The molecule has 0 N–H and O–H groups in total. The van der Waals surface area contributed by atoms with Crippen LogP contribution in [-0.4, -0.2) is 14.5 Å². The number of ether oxygens (including phenoxy) is 2. The number of aromatic nitrogens is 3. The standard InChI is InChI=1S/C49H26N6O2/c1-51-30-15-19-40-34(25-30)33-8-2-3-11-39(33)54(40)31-16-20-43-37(26-31)49(35-9-6-22-52-47(35)48-36(49)10-7-23-53-48)38-27-32(17-21-44(38)56-43)55-41-12-4-5-13-45(41)57-46-24-29(28-50)14-18-42(46)55/h2-27H. The van der Waals surface area contributed by atoms with E-state index in [-0.39, 0.29) is 0 Å². The third-order valence-corrected chi connectivity index (χ3v) is 11.6. The number of hydrogen-bond donors (Lipinski definition) is 0. The van der Waals surface area contributed by atoms with Crippen LogP contribution in [0.15, 0.2) is 158 Å². The molecule has 0 atom stereocenters. The Balaban J connectivity index is 1.15. The van der Waals surface area contributed by atoms with Crippen molar-refractivity contribution >= 4 is 44.6 Å². The van der Waals surface area contributed by atoms with Gasteiger partial charge in [0.1, 0.15) is 11.5 Å². The maximum absolute atomic E-state index is 9.76. The van der Waals surface area contributed by atoms with Crippen LogP contribution in [0.4, 0.5) is 22.7 Å². The van der Waals surface area contributed by atoms with Gasteiger partial charge >= 0.3 is 0 Å². The fraction of sp³-hybridized carbons (Fsp3) is 0.0204. The van der Waals surface area contributed by atoms with Gasteiger partial charge in [0.25, 0.3) is 0 Å². The van der Waals surface area contributed by atoms with Crippen LogP contribution in [0.3, 0.4) is 0 Å². The van der Waals surface area contributed by atoms with Crippen LogP contribution in [0.2, 0.25) is 0 Å². The maximum Gasteiger partial charge on any atom is 0.188 e. The molecule has 0 saturated carbocycles. The largest absolute Gasteiger partial charge is 0.457 e. The summed E-state index contributed by atoms with van der Waals surface area (Å²) in [6.45, 7) is 7.72. The lowest BCUT2D eigenvalue weighted by Crippen LogP contribution is -2.33. The molecular formula is C49H26N6O2. The molecule has 1 spiro atoms. The number of anilines is 3. The van der Waals surface area contributed by atoms with Crippen LogP contribution in [0.25, 0.3) is 43.7 Å². The van der Waals surface area contributed by atoms with Gasteiger partial charge in [-0.15, -0.1) is 0 Å². The first kappa shape index (κ1) is 31.2. The second-order valence-electron chi connectivity index (χ2n) is 14.4. The minimum atomic E-state index is -0.864. The number of fused-ring (bicyclic) bond motifs is 14. The number of benzene rings is 6. The Bertz CT molecular complexity index is 3270. The van der Waals surface area contributed by atoms with E-state index < -0.39 is 5.41 Å². The van der Waals surface area contributed by atoms with Crippen LogP contribution in [0, 0.1) is 17.9 Å². The van der Waals surface area contributed by atoms with Crippen LogP contribution < -0.4 is 14.4 Å². The van der Waals surface area contributed by atoms with Crippen LogP contribution in [0.5, 0.6) is 23.0 Å². The third kappa shape index (κ3) is 4.13. The average Bonchev–Trinajstić information content (AvgIpc) is 3.76. The molecule has 3 aromatic heterocycles. The van der Waals surface area contributed by atoms with Crippen molar-refractivity contribution in [2.75, 3.05) is 4.90 Å². The van der Waals surface area contributed by atoms with Gasteiger partial charge in [0, 0.05) is 46.3 Å². The molecule has 6 aromatic carbocycles. The van der Waals surface area contributed by atoms with Gasteiger partial charge in [-0.2, -0.15) is 5.26 Å². The minimum absolute atomic E-state index is 0.521. The van der Waals surface area contributed by atoms with E-state index in [1.54, 1.807) is 6.07 Å². The Morgan fingerprint density at radius 3 is 2.00 bits per heavy atom. The summed E-state index contributed by atoms with van der Waals surface area (Å²) in [5.41, 5.74) is 11.5. The summed E-state index contributed by atoms with van der Waals surface area (Å²) in [5, 5.41) is 11.9. The van der Waals surface area contributed by atoms with Crippen molar-refractivity contribution in [3.05, 3.63) is 197 Å². The molecule has 1 aliphatic carbocycles. The van der Waals surface area contributed by atoms with Crippen molar-refractivity contribution in [2.24, 2.45) is 0 Å². The average molecular weight is 731 g/mol. The molecule has 3 aliphatic rings. The predicted molar refractivity (Wildman–Crippen MR) is 219 cm³/mol. The third-order valence-electron chi connectivity index (χ3n) is 11.6. The molecule has 0 amide bonds. The van der Waals surface area contributed by atoms with Gasteiger partial charge < -0.3 is 18.9 Å². The van der Waals surface area contributed by atoms with Crippen molar-refractivity contribution in [1.29, 1.82) is 5.26 Å². The number of hydrogen-bond acceptors (Lipinski definition) is 6. The summed E-state index contributed by atoms with van der Waals surface area (Å²) >= 11 is 0. The number of nitrogens with zero attached hydrogens (tertiary/aromatic N) is 6. The molecular weight excluding hydrogens is 705 g/mol.